The smallest absolute Gasteiger partial charge is 0.268 e. The number of benzene rings is 2. The Hall–Kier alpha value is -2.40. The quantitative estimate of drug-likeness (QED) is 0.940. The van der Waals surface area contributed by atoms with Gasteiger partial charge in [0, 0.05) is 6.42 Å². The van der Waals surface area contributed by atoms with E-state index in [0.29, 0.717) is 12.1 Å². The Morgan fingerprint density at radius 1 is 1.23 bits per heavy atom. The lowest BCUT2D eigenvalue weighted by Gasteiger charge is -2.10. The van der Waals surface area contributed by atoms with Crippen molar-refractivity contribution in [2.45, 2.75) is 12.5 Å². The second-order valence-electron chi connectivity index (χ2n) is 4.79. The number of nitrogens with zero attached hydrogens (tertiary/aromatic N) is 1. The van der Waals surface area contributed by atoms with Crippen molar-refractivity contribution in [3.05, 3.63) is 64.9 Å². The van der Waals surface area contributed by atoms with E-state index in [2.05, 4.69) is 10.5 Å². The Morgan fingerprint density at radius 3 is 2.77 bits per heavy atom. The molecule has 1 aliphatic heterocycles. The summed E-state index contributed by atoms with van der Waals surface area (Å²) in [6.07, 6.45) is -0.452. The molecule has 1 atom stereocenters. The van der Waals surface area contributed by atoms with Crippen molar-refractivity contribution in [1.29, 1.82) is 0 Å². The van der Waals surface area contributed by atoms with Crippen LogP contribution in [0.5, 0.6) is 0 Å². The number of carbonyl (C=O) groups excluding carboxylic acids is 1. The summed E-state index contributed by atoms with van der Waals surface area (Å²) < 4.78 is 13.8. The zero-order valence-corrected chi connectivity index (χ0v) is 12.2. The zero-order valence-electron chi connectivity index (χ0n) is 11.4. The Bertz CT molecular complexity index is 734. The molecule has 3 rings (SSSR count). The fourth-order valence-electron chi connectivity index (χ4n) is 2.13. The third kappa shape index (κ3) is 2.94. The lowest BCUT2D eigenvalue weighted by atomic mass is 10.0. The van der Waals surface area contributed by atoms with Gasteiger partial charge in [-0.2, -0.15) is 0 Å². The van der Waals surface area contributed by atoms with E-state index in [1.54, 1.807) is 6.07 Å². The Kier molecular flexibility index (Phi) is 4.06. The van der Waals surface area contributed by atoms with E-state index in [1.165, 1.54) is 12.1 Å². The van der Waals surface area contributed by atoms with Crippen LogP contribution < -0.4 is 5.32 Å². The molecule has 22 heavy (non-hydrogen) atoms. The summed E-state index contributed by atoms with van der Waals surface area (Å²) in [6.45, 7) is 0. The summed E-state index contributed by atoms with van der Waals surface area (Å²) in [4.78, 5) is 17.3. The van der Waals surface area contributed by atoms with Crippen LogP contribution in [0.1, 0.15) is 12.0 Å². The molecule has 1 N–H and O–H groups in total. The molecule has 0 bridgehead atoms. The summed E-state index contributed by atoms with van der Waals surface area (Å²) >= 11 is 5.68. The fourth-order valence-corrected chi connectivity index (χ4v) is 2.31. The van der Waals surface area contributed by atoms with Gasteiger partial charge >= 0.3 is 0 Å². The topological polar surface area (TPSA) is 50.7 Å². The number of amides is 1. The summed E-state index contributed by atoms with van der Waals surface area (Å²) in [6, 6.07) is 13.8. The van der Waals surface area contributed by atoms with Gasteiger partial charge in [-0.05, 0) is 17.7 Å². The molecule has 1 amide bonds. The van der Waals surface area contributed by atoms with Crippen LogP contribution in [0.15, 0.2) is 53.7 Å². The fraction of sp³-hybridized carbons (Fsp3) is 0.125. The van der Waals surface area contributed by atoms with E-state index in [1.807, 2.05) is 30.3 Å². The monoisotopic (exact) mass is 318 g/mol. The molecule has 112 valence electrons. The van der Waals surface area contributed by atoms with Crippen LogP contribution in [0.25, 0.3) is 0 Å². The first kappa shape index (κ1) is 14.5. The maximum absolute atomic E-state index is 13.8. The summed E-state index contributed by atoms with van der Waals surface area (Å²) in [5, 5.41) is 6.34. The molecule has 0 aliphatic carbocycles. The van der Waals surface area contributed by atoms with E-state index in [-0.39, 0.29) is 10.7 Å². The summed E-state index contributed by atoms with van der Waals surface area (Å²) in [5.41, 5.74) is 1.60. The lowest BCUT2D eigenvalue weighted by molar-refractivity contribution is -0.125. The summed E-state index contributed by atoms with van der Waals surface area (Å²) in [7, 11) is 0. The molecule has 1 aliphatic rings. The molecule has 0 saturated heterocycles. The SMILES string of the molecule is O=C(Nc1cccc(Cl)c1F)[C@H]1CC(c2ccccc2)=NO1. The Morgan fingerprint density at radius 2 is 2.00 bits per heavy atom. The highest BCUT2D eigenvalue weighted by atomic mass is 35.5. The van der Waals surface area contributed by atoms with Gasteiger partial charge in [-0.15, -0.1) is 0 Å². The lowest BCUT2D eigenvalue weighted by Crippen LogP contribution is -2.28. The molecule has 0 radical (unpaired) electrons. The molecule has 0 saturated carbocycles. The van der Waals surface area contributed by atoms with Crippen molar-refractivity contribution in [3.63, 3.8) is 0 Å². The summed E-state index contributed by atoms with van der Waals surface area (Å²) in [5.74, 6) is -1.13. The van der Waals surface area contributed by atoms with Crippen molar-refractivity contribution in [1.82, 2.24) is 0 Å². The Balaban J connectivity index is 1.67. The molecule has 0 unspecified atom stereocenters. The van der Waals surface area contributed by atoms with E-state index in [0.717, 1.165) is 5.56 Å². The average molecular weight is 319 g/mol. The van der Waals surface area contributed by atoms with Gasteiger partial charge in [0.05, 0.1) is 16.4 Å². The molecule has 2 aromatic rings. The second kappa shape index (κ2) is 6.15. The van der Waals surface area contributed by atoms with Crippen molar-refractivity contribution < 1.29 is 14.0 Å². The average Bonchev–Trinajstić information content (AvgIpc) is 3.03. The minimum absolute atomic E-state index is 0.0225. The molecule has 4 nitrogen and oxygen atoms in total. The molecule has 0 spiro atoms. The molecule has 1 heterocycles. The standard InChI is InChI=1S/C16H12ClFN2O2/c17-11-7-4-8-12(15(11)18)19-16(21)14-9-13(20-22-14)10-5-2-1-3-6-10/h1-8,14H,9H2,(H,19,21)/t14-/m1/s1. The molecule has 0 aromatic heterocycles. The highest BCUT2D eigenvalue weighted by Crippen LogP contribution is 2.23. The molecular weight excluding hydrogens is 307 g/mol. The first-order chi connectivity index (χ1) is 10.6. The predicted octanol–water partition coefficient (Wildman–Crippen LogP) is 3.61. The van der Waals surface area contributed by atoms with E-state index in [9.17, 15) is 9.18 Å². The van der Waals surface area contributed by atoms with Gasteiger partial charge in [0.25, 0.3) is 5.91 Å². The van der Waals surface area contributed by atoms with Crippen molar-refractivity contribution >= 4 is 28.9 Å². The normalized spacial score (nSPS) is 16.8. The van der Waals surface area contributed by atoms with Crippen LogP contribution in [0.3, 0.4) is 0 Å². The van der Waals surface area contributed by atoms with E-state index >= 15 is 0 Å². The third-order valence-electron chi connectivity index (χ3n) is 3.28. The second-order valence-corrected chi connectivity index (χ2v) is 5.20. The van der Waals surface area contributed by atoms with Crippen LogP contribution in [0.2, 0.25) is 5.02 Å². The number of nitrogens with one attached hydrogen (secondary N) is 1. The van der Waals surface area contributed by atoms with Crippen LogP contribution >= 0.6 is 11.6 Å². The third-order valence-corrected chi connectivity index (χ3v) is 3.57. The predicted molar refractivity (Wildman–Crippen MR) is 82.5 cm³/mol. The minimum Gasteiger partial charge on any atom is -0.382 e. The number of anilines is 1. The van der Waals surface area contributed by atoms with Crippen LogP contribution in [-0.2, 0) is 9.63 Å². The van der Waals surface area contributed by atoms with Gasteiger partial charge in [-0.3, -0.25) is 4.79 Å². The Labute approximate surface area is 131 Å². The molecule has 0 fully saturated rings. The highest BCUT2D eigenvalue weighted by molar-refractivity contribution is 6.31. The van der Waals surface area contributed by atoms with Crippen molar-refractivity contribution in [2.24, 2.45) is 5.16 Å². The first-order valence-corrected chi connectivity index (χ1v) is 7.06. The maximum Gasteiger partial charge on any atom is 0.268 e. The van der Waals surface area contributed by atoms with Gasteiger partial charge in [-0.1, -0.05) is 53.2 Å². The zero-order chi connectivity index (χ0) is 15.5. The van der Waals surface area contributed by atoms with Gasteiger partial charge in [0.1, 0.15) is 0 Å². The minimum atomic E-state index is -0.784. The van der Waals surface area contributed by atoms with E-state index in [4.69, 9.17) is 16.4 Å². The number of hydrogen-bond donors (Lipinski definition) is 1. The van der Waals surface area contributed by atoms with Gasteiger partial charge in [0.15, 0.2) is 5.82 Å². The number of rotatable bonds is 3. The number of halogens is 2. The van der Waals surface area contributed by atoms with Crippen molar-refractivity contribution in [2.75, 3.05) is 5.32 Å². The first-order valence-electron chi connectivity index (χ1n) is 6.68. The number of hydrogen-bond acceptors (Lipinski definition) is 3. The molecular formula is C16H12ClFN2O2. The van der Waals surface area contributed by atoms with Crippen LogP contribution in [-0.4, -0.2) is 17.7 Å². The molecule has 6 heteroatoms. The van der Waals surface area contributed by atoms with Gasteiger partial charge in [-0.25, -0.2) is 4.39 Å². The number of carbonyl (C=O) groups is 1. The number of oxime groups is 1. The maximum atomic E-state index is 13.8. The molecule has 2 aromatic carbocycles. The van der Waals surface area contributed by atoms with Crippen LogP contribution in [0, 0.1) is 5.82 Å². The van der Waals surface area contributed by atoms with E-state index < -0.39 is 17.8 Å². The highest BCUT2D eigenvalue weighted by Gasteiger charge is 2.29. The van der Waals surface area contributed by atoms with Gasteiger partial charge in [0.2, 0.25) is 6.10 Å². The van der Waals surface area contributed by atoms with Crippen molar-refractivity contribution in [3.8, 4) is 0 Å². The van der Waals surface area contributed by atoms with Crippen LogP contribution in [0.4, 0.5) is 10.1 Å². The van der Waals surface area contributed by atoms with Gasteiger partial charge < -0.3 is 10.2 Å². The largest absolute Gasteiger partial charge is 0.382 e.